The lowest BCUT2D eigenvalue weighted by molar-refractivity contribution is -0.136. The lowest BCUT2D eigenvalue weighted by Crippen LogP contribution is -2.00. The number of carboxylic acids is 1. The van der Waals surface area contributed by atoms with Crippen LogP contribution in [0.1, 0.15) is 16.7 Å². The number of ether oxygens (including phenoxy) is 2. The van der Waals surface area contributed by atoms with E-state index >= 15 is 0 Å². The van der Waals surface area contributed by atoms with Crippen LogP contribution in [0, 0.1) is 0 Å². The molecule has 0 spiro atoms. The van der Waals surface area contributed by atoms with Crippen LogP contribution in [0.3, 0.4) is 0 Å². The second-order valence-corrected chi connectivity index (χ2v) is 5.01. The van der Waals surface area contributed by atoms with Crippen molar-refractivity contribution in [3.63, 3.8) is 0 Å². The molecular weight excluding hydrogens is 298 g/mol. The molecule has 0 radical (unpaired) electrons. The van der Waals surface area contributed by atoms with Crippen molar-refractivity contribution in [3.8, 4) is 11.5 Å². The van der Waals surface area contributed by atoms with Crippen LogP contribution in [0.2, 0.25) is 0 Å². The van der Waals surface area contributed by atoms with Gasteiger partial charge in [-0.15, -0.1) is 0 Å². The number of nitrogens with zero attached hydrogens (tertiary/aromatic N) is 1. The Hall–Kier alpha value is -3.02. The summed E-state index contributed by atoms with van der Waals surface area (Å²) in [6.45, 7) is 0.554. The lowest BCUT2D eigenvalue weighted by atomic mass is 10.1. The Kier molecular flexibility index (Phi) is 4.42. The Morgan fingerprint density at radius 2 is 1.87 bits per heavy atom. The van der Waals surface area contributed by atoms with E-state index in [1.165, 1.54) is 0 Å². The molecule has 1 aliphatic heterocycles. The van der Waals surface area contributed by atoms with Gasteiger partial charge < -0.3 is 19.4 Å². The van der Waals surface area contributed by atoms with Gasteiger partial charge in [-0.25, -0.2) is 0 Å². The van der Waals surface area contributed by atoms with Gasteiger partial charge in [0.1, 0.15) is 6.61 Å². The third-order valence-electron chi connectivity index (χ3n) is 3.28. The van der Waals surface area contributed by atoms with Gasteiger partial charge in [0.25, 0.3) is 0 Å². The number of hydrogen-bond acceptors (Lipinski definition) is 5. The third-order valence-corrected chi connectivity index (χ3v) is 3.28. The predicted molar refractivity (Wildman–Crippen MR) is 82.7 cm³/mol. The summed E-state index contributed by atoms with van der Waals surface area (Å²) >= 11 is 0. The quantitative estimate of drug-likeness (QED) is 0.655. The van der Waals surface area contributed by atoms with Crippen LogP contribution < -0.4 is 9.47 Å². The molecule has 0 aromatic heterocycles. The van der Waals surface area contributed by atoms with Gasteiger partial charge in [-0.05, 0) is 29.3 Å². The van der Waals surface area contributed by atoms with E-state index in [-0.39, 0.29) is 13.2 Å². The third kappa shape index (κ3) is 4.00. The highest BCUT2D eigenvalue weighted by atomic mass is 16.7. The van der Waals surface area contributed by atoms with E-state index in [0.717, 1.165) is 22.4 Å². The maximum Gasteiger partial charge on any atom is 0.307 e. The summed E-state index contributed by atoms with van der Waals surface area (Å²) < 4.78 is 10.5. The molecule has 0 saturated carbocycles. The summed E-state index contributed by atoms with van der Waals surface area (Å²) in [5, 5.41) is 12.6. The van der Waals surface area contributed by atoms with E-state index in [1.807, 2.05) is 30.3 Å². The second-order valence-electron chi connectivity index (χ2n) is 5.01. The summed E-state index contributed by atoms with van der Waals surface area (Å²) in [6.07, 6.45) is 1.62. The Morgan fingerprint density at radius 1 is 1.13 bits per heavy atom. The fourth-order valence-electron chi connectivity index (χ4n) is 2.13. The van der Waals surface area contributed by atoms with Gasteiger partial charge >= 0.3 is 5.97 Å². The molecule has 118 valence electrons. The SMILES string of the molecule is O=C(O)Cc1ccc(CO/N=C/c2ccc3c(c2)OCO3)cc1. The number of carbonyl (C=O) groups is 1. The summed E-state index contributed by atoms with van der Waals surface area (Å²) in [6, 6.07) is 12.7. The zero-order chi connectivity index (χ0) is 16.1. The zero-order valence-electron chi connectivity index (χ0n) is 12.3. The number of fused-ring (bicyclic) bond motifs is 1. The maximum atomic E-state index is 10.6. The molecule has 2 aromatic carbocycles. The van der Waals surface area contributed by atoms with Crippen molar-refractivity contribution in [2.75, 3.05) is 6.79 Å². The van der Waals surface area contributed by atoms with Crippen LogP contribution in [0.5, 0.6) is 11.5 Å². The Balaban J connectivity index is 1.51. The fraction of sp³-hybridized carbons (Fsp3) is 0.176. The first-order valence-electron chi connectivity index (χ1n) is 7.05. The number of aliphatic carboxylic acids is 1. The van der Waals surface area contributed by atoms with E-state index < -0.39 is 5.97 Å². The first-order valence-corrected chi connectivity index (χ1v) is 7.05. The molecule has 2 aromatic rings. The van der Waals surface area contributed by atoms with Crippen molar-refractivity contribution in [1.82, 2.24) is 0 Å². The van der Waals surface area contributed by atoms with E-state index in [9.17, 15) is 4.79 Å². The van der Waals surface area contributed by atoms with Gasteiger partial charge in [0.2, 0.25) is 6.79 Å². The van der Waals surface area contributed by atoms with Crippen LogP contribution in [0.25, 0.3) is 0 Å². The van der Waals surface area contributed by atoms with Crippen molar-refractivity contribution in [2.24, 2.45) is 5.16 Å². The smallest absolute Gasteiger partial charge is 0.307 e. The number of hydrogen-bond donors (Lipinski definition) is 1. The molecule has 0 fully saturated rings. The highest BCUT2D eigenvalue weighted by molar-refractivity contribution is 5.80. The van der Waals surface area contributed by atoms with Crippen molar-refractivity contribution in [3.05, 3.63) is 59.2 Å². The van der Waals surface area contributed by atoms with Crippen LogP contribution >= 0.6 is 0 Å². The molecule has 6 heteroatoms. The van der Waals surface area contributed by atoms with E-state index in [1.54, 1.807) is 18.3 Å². The Bertz CT molecular complexity index is 724. The molecule has 3 rings (SSSR count). The van der Waals surface area contributed by atoms with Crippen molar-refractivity contribution < 1.29 is 24.2 Å². The summed E-state index contributed by atoms with van der Waals surface area (Å²) in [4.78, 5) is 15.9. The number of carboxylic acid groups (broad SMARTS) is 1. The first-order chi connectivity index (χ1) is 11.2. The molecular formula is C17H15NO5. The molecule has 0 bridgehead atoms. The topological polar surface area (TPSA) is 77.4 Å². The number of oxime groups is 1. The van der Waals surface area contributed by atoms with Crippen molar-refractivity contribution in [1.29, 1.82) is 0 Å². The maximum absolute atomic E-state index is 10.6. The monoisotopic (exact) mass is 313 g/mol. The van der Waals surface area contributed by atoms with Crippen LogP contribution in [-0.4, -0.2) is 24.1 Å². The van der Waals surface area contributed by atoms with E-state index in [0.29, 0.717) is 12.4 Å². The minimum absolute atomic E-state index is 0.0173. The van der Waals surface area contributed by atoms with E-state index in [4.69, 9.17) is 19.4 Å². The van der Waals surface area contributed by atoms with Gasteiger partial charge in [0, 0.05) is 5.56 Å². The van der Waals surface area contributed by atoms with Crippen LogP contribution in [0.4, 0.5) is 0 Å². The second kappa shape index (κ2) is 6.83. The molecule has 6 nitrogen and oxygen atoms in total. The Morgan fingerprint density at radius 3 is 2.65 bits per heavy atom. The van der Waals surface area contributed by atoms with Crippen molar-refractivity contribution in [2.45, 2.75) is 13.0 Å². The average molecular weight is 313 g/mol. The predicted octanol–water partition coefficient (Wildman–Crippen LogP) is 2.59. The molecule has 23 heavy (non-hydrogen) atoms. The molecule has 0 amide bonds. The molecule has 1 heterocycles. The molecule has 1 N–H and O–H groups in total. The highest BCUT2D eigenvalue weighted by Gasteiger charge is 2.12. The molecule has 0 saturated heterocycles. The Labute approximate surface area is 132 Å². The highest BCUT2D eigenvalue weighted by Crippen LogP contribution is 2.31. The normalized spacial score (nSPS) is 12.5. The van der Waals surface area contributed by atoms with Gasteiger partial charge in [-0.2, -0.15) is 0 Å². The first kappa shape index (κ1) is 14.9. The van der Waals surface area contributed by atoms with Gasteiger partial charge in [-0.1, -0.05) is 29.4 Å². The van der Waals surface area contributed by atoms with Crippen molar-refractivity contribution >= 4 is 12.2 Å². The summed E-state index contributed by atoms with van der Waals surface area (Å²) in [7, 11) is 0. The molecule has 0 unspecified atom stereocenters. The molecule has 0 atom stereocenters. The van der Waals surface area contributed by atoms with Crippen LogP contribution in [0.15, 0.2) is 47.6 Å². The summed E-state index contributed by atoms with van der Waals surface area (Å²) in [5.74, 6) is 0.579. The van der Waals surface area contributed by atoms with Gasteiger partial charge in [0.05, 0.1) is 12.6 Å². The standard InChI is InChI=1S/C17H15NO5/c19-17(20)8-12-1-3-13(4-2-12)10-23-18-9-14-5-6-15-16(7-14)22-11-21-15/h1-7,9H,8,10-11H2,(H,19,20)/b18-9+. The minimum atomic E-state index is -0.845. The number of benzene rings is 2. The van der Waals surface area contributed by atoms with Gasteiger partial charge in [0.15, 0.2) is 11.5 Å². The molecule has 0 aliphatic carbocycles. The summed E-state index contributed by atoms with van der Waals surface area (Å²) in [5.41, 5.74) is 2.53. The fourth-order valence-corrected chi connectivity index (χ4v) is 2.13. The van der Waals surface area contributed by atoms with Gasteiger partial charge in [-0.3, -0.25) is 4.79 Å². The largest absolute Gasteiger partial charge is 0.481 e. The molecule has 1 aliphatic rings. The average Bonchev–Trinajstić information content (AvgIpc) is 3.00. The number of rotatable bonds is 6. The van der Waals surface area contributed by atoms with E-state index in [2.05, 4.69) is 5.16 Å². The van der Waals surface area contributed by atoms with Crippen LogP contribution in [-0.2, 0) is 22.7 Å². The minimum Gasteiger partial charge on any atom is -0.481 e. The lowest BCUT2D eigenvalue weighted by Gasteiger charge is -2.02. The zero-order valence-corrected chi connectivity index (χ0v) is 12.3.